The Labute approximate surface area is 180 Å². The van der Waals surface area contributed by atoms with Gasteiger partial charge >= 0.3 is 5.97 Å². The van der Waals surface area contributed by atoms with Crippen LogP contribution < -0.4 is 5.32 Å². The van der Waals surface area contributed by atoms with Gasteiger partial charge in [0.25, 0.3) is 0 Å². The van der Waals surface area contributed by atoms with E-state index in [-0.39, 0.29) is 12.3 Å². The summed E-state index contributed by atoms with van der Waals surface area (Å²) in [6, 6.07) is 0. The number of allylic oxidation sites excluding steroid dienone is 2. The minimum Gasteiger partial charge on any atom is -0.481 e. The van der Waals surface area contributed by atoms with Gasteiger partial charge in [-0.1, -0.05) is 70.4 Å². The quantitative estimate of drug-likeness (QED) is 0.203. The molecule has 164 valence electrons. The van der Waals surface area contributed by atoms with Crippen molar-refractivity contribution in [1.82, 2.24) is 4.98 Å². The van der Waals surface area contributed by atoms with Gasteiger partial charge in [-0.25, -0.2) is 4.98 Å². The van der Waals surface area contributed by atoms with Crippen molar-refractivity contribution >= 4 is 28.3 Å². The molecule has 1 aromatic rings. The molecule has 1 heterocycles. The van der Waals surface area contributed by atoms with Crippen molar-refractivity contribution in [3.05, 3.63) is 23.2 Å². The smallest absolute Gasteiger partial charge is 0.309 e. The molecule has 6 heteroatoms. The molecule has 0 saturated heterocycles. The van der Waals surface area contributed by atoms with E-state index in [1.165, 1.54) is 82.0 Å². The number of hydrogen-bond donors (Lipinski definition) is 2. The first-order valence-corrected chi connectivity index (χ1v) is 12.1. The summed E-state index contributed by atoms with van der Waals surface area (Å²) in [5.74, 6) is -0.954. The molecule has 29 heavy (non-hydrogen) atoms. The Morgan fingerprint density at radius 2 is 1.55 bits per heavy atom. The summed E-state index contributed by atoms with van der Waals surface area (Å²) in [6.07, 6.45) is 21.1. The first-order chi connectivity index (χ1) is 14.1. The SMILES string of the molecule is CCCCCCC=CCCCCCCCCCC(=O)Nc1nc(CC(=O)O)cs1. The number of carboxylic acid groups (broad SMARTS) is 1. The van der Waals surface area contributed by atoms with Crippen LogP contribution in [0.15, 0.2) is 17.5 Å². The Bertz CT molecular complexity index is 599. The predicted octanol–water partition coefficient (Wildman–Crippen LogP) is 6.75. The fourth-order valence-electron chi connectivity index (χ4n) is 3.14. The molecule has 1 rings (SSSR count). The number of nitrogens with zero attached hydrogens (tertiary/aromatic N) is 1. The third-order valence-corrected chi connectivity index (χ3v) is 5.60. The molecule has 2 N–H and O–H groups in total. The highest BCUT2D eigenvalue weighted by atomic mass is 32.1. The molecule has 0 aromatic carbocycles. The molecule has 0 fully saturated rings. The van der Waals surface area contributed by atoms with Crippen molar-refractivity contribution in [2.45, 2.75) is 103 Å². The summed E-state index contributed by atoms with van der Waals surface area (Å²) in [7, 11) is 0. The van der Waals surface area contributed by atoms with Gasteiger partial charge in [-0.3, -0.25) is 9.59 Å². The number of unbranched alkanes of at least 4 members (excludes halogenated alkanes) is 11. The lowest BCUT2D eigenvalue weighted by atomic mass is 10.1. The van der Waals surface area contributed by atoms with Crippen molar-refractivity contribution in [2.75, 3.05) is 5.32 Å². The third-order valence-electron chi connectivity index (χ3n) is 4.80. The van der Waals surface area contributed by atoms with Crippen molar-refractivity contribution < 1.29 is 14.7 Å². The molecule has 0 aliphatic heterocycles. The van der Waals surface area contributed by atoms with Crippen LogP contribution in [0, 0.1) is 0 Å². The van der Waals surface area contributed by atoms with Gasteiger partial charge in [0.1, 0.15) is 0 Å². The molecule has 0 saturated carbocycles. The van der Waals surface area contributed by atoms with Crippen molar-refractivity contribution in [2.24, 2.45) is 0 Å². The van der Waals surface area contributed by atoms with Crippen LogP contribution >= 0.6 is 11.3 Å². The average Bonchev–Trinajstić information content (AvgIpc) is 3.10. The molecular weight excluding hydrogens is 384 g/mol. The molecule has 0 aliphatic rings. The minimum atomic E-state index is -0.914. The second-order valence-electron chi connectivity index (χ2n) is 7.60. The molecule has 0 unspecified atom stereocenters. The number of anilines is 1. The number of thiazole rings is 1. The zero-order valence-electron chi connectivity index (χ0n) is 18.0. The number of nitrogens with one attached hydrogen (secondary N) is 1. The van der Waals surface area contributed by atoms with Gasteiger partial charge in [-0.05, 0) is 32.1 Å². The van der Waals surface area contributed by atoms with Crippen LogP contribution in [0.4, 0.5) is 5.13 Å². The second-order valence-corrected chi connectivity index (χ2v) is 8.46. The number of carbonyl (C=O) groups is 2. The monoisotopic (exact) mass is 422 g/mol. The minimum absolute atomic E-state index is 0.0392. The summed E-state index contributed by atoms with van der Waals surface area (Å²) >= 11 is 1.27. The van der Waals surface area contributed by atoms with E-state index in [1.54, 1.807) is 5.38 Å². The first-order valence-electron chi connectivity index (χ1n) is 11.2. The largest absolute Gasteiger partial charge is 0.481 e. The molecular formula is C23H38N2O3S. The number of hydrogen-bond acceptors (Lipinski definition) is 4. The fraction of sp³-hybridized carbons (Fsp3) is 0.696. The van der Waals surface area contributed by atoms with Crippen molar-refractivity contribution in [3.8, 4) is 0 Å². The second kappa shape index (κ2) is 17.2. The fourth-order valence-corrected chi connectivity index (χ4v) is 3.87. The molecule has 0 aliphatic carbocycles. The van der Waals surface area contributed by atoms with Gasteiger partial charge < -0.3 is 10.4 Å². The maximum absolute atomic E-state index is 11.9. The highest BCUT2D eigenvalue weighted by molar-refractivity contribution is 7.13. The number of rotatable bonds is 18. The molecule has 5 nitrogen and oxygen atoms in total. The lowest BCUT2D eigenvalue weighted by Gasteiger charge is -2.03. The third kappa shape index (κ3) is 14.9. The van der Waals surface area contributed by atoms with Crippen LogP contribution in [0.2, 0.25) is 0 Å². The number of carboxylic acids is 1. The summed E-state index contributed by atoms with van der Waals surface area (Å²) in [5.41, 5.74) is 0.486. The van der Waals surface area contributed by atoms with Gasteiger partial charge in [0.15, 0.2) is 5.13 Å². The molecule has 0 atom stereocenters. The van der Waals surface area contributed by atoms with Crippen LogP contribution in [0.5, 0.6) is 0 Å². The zero-order chi connectivity index (χ0) is 21.2. The summed E-state index contributed by atoms with van der Waals surface area (Å²) in [6.45, 7) is 2.25. The Morgan fingerprint density at radius 3 is 2.17 bits per heavy atom. The highest BCUT2D eigenvalue weighted by Crippen LogP contribution is 2.17. The molecule has 1 amide bonds. The Morgan fingerprint density at radius 1 is 0.966 bits per heavy atom. The molecule has 0 radical (unpaired) electrons. The molecule has 1 aromatic heterocycles. The van der Waals surface area contributed by atoms with Crippen LogP contribution in [-0.4, -0.2) is 22.0 Å². The van der Waals surface area contributed by atoms with E-state index >= 15 is 0 Å². The van der Waals surface area contributed by atoms with E-state index in [1.807, 2.05) is 0 Å². The van der Waals surface area contributed by atoms with Gasteiger partial charge in [0, 0.05) is 11.8 Å². The maximum atomic E-state index is 11.9. The normalized spacial score (nSPS) is 11.2. The van der Waals surface area contributed by atoms with Crippen LogP contribution in [0.3, 0.4) is 0 Å². The van der Waals surface area contributed by atoms with Gasteiger partial charge in [0.05, 0.1) is 12.1 Å². The predicted molar refractivity (Wildman–Crippen MR) is 122 cm³/mol. The molecule has 0 bridgehead atoms. The van der Waals surface area contributed by atoms with E-state index in [0.717, 1.165) is 12.8 Å². The van der Waals surface area contributed by atoms with E-state index in [9.17, 15) is 9.59 Å². The molecule has 0 spiro atoms. The van der Waals surface area contributed by atoms with E-state index in [2.05, 4.69) is 29.4 Å². The van der Waals surface area contributed by atoms with Gasteiger partial charge in [0.2, 0.25) is 5.91 Å². The van der Waals surface area contributed by atoms with Crippen LogP contribution in [0.25, 0.3) is 0 Å². The lowest BCUT2D eigenvalue weighted by molar-refractivity contribution is -0.136. The maximum Gasteiger partial charge on any atom is 0.309 e. The number of aliphatic carboxylic acids is 1. The highest BCUT2D eigenvalue weighted by Gasteiger charge is 2.08. The standard InChI is InChI=1S/C23H38N2O3S/c1-2-3-4-5-6-7-8-9-10-11-12-13-14-15-16-17-21(26)25-23-24-20(19-29-23)18-22(27)28/h7-8,19H,2-6,9-18H2,1H3,(H,27,28)(H,24,25,26). The van der Waals surface area contributed by atoms with E-state index < -0.39 is 5.97 Å². The summed E-state index contributed by atoms with van der Waals surface area (Å²) in [5, 5.41) is 13.6. The van der Waals surface area contributed by atoms with Gasteiger partial charge in [-0.15, -0.1) is 11.3 Å². The Kier molecular flexibility index (Phi) is 15.0. The zero-order valence-corrected chi connectivity index (χ0v) is 18.8. The van der Waals surface area contributed by atoms with Crippen molar-refractivity contribution in [3.63, 3.8) is 0 Å². The van der Waals surface area contributed by atoms with Crippen LogP contribution in [0.1, 0.15) is 103 Å². The average molecular weight is 423 g/mol. The Hall–Kier alpha value is -1.69. The lowest BCUT2D eigenvalue weighted by Crippen LogP contribution is -2.11. The summed E-state index contributed by atoms with van der Waals surface area (Å²) < 4.78 is 0. The Balaban J connectivity index is 1.90. The number of amides is 1. The van der Waals surface area contributed by atoms with Gasteiger partial charge in [-0.2, -0.15) is 0 Å². The van der Waals surface area contributed by atoms with Crippen molar-refractivity contribution in [1.29, 1.82) is 0 Å². The summed E-state index contributed by atoms with van der Waals surface area (Å²) in [4.78, 5) is 26.7. The topological polar surface area (TPSA) is 79.3 Å². The number of carbonyl (C=O) groups excluding carboxylic acids is 1. The first kappa shape index (κ1) is 25.3. The van der Waals surface area contributed by atoms with E-state index in [0.29, 0.717) is 17.2 Å². The number of aromatic nitrogens is 1. The van der Waals surface area contributed by atoms with E-state index in [4.69, 9.17) is 5.11 Å². The van der Waals surface area contributed by atoms with Crippen LogP contribution in [-0.2, 0) is 16.0 Å².